The molecule has 1 aromatic heterocycles. The SMILES string of the molecule is CCCOCCOc1cc(CO)ccn1. The van der Waals surface area contributed by atoms with Crippen LogP contribution in [0.25, 0.3) is 0 Å². The Morgan fingerprint density at radius 1 is 1.33 bits per heavy atom. The average molecular weight is 211 g/mol. The Bertz CT molecular complexity index is 278. The molecule has 0 fully saturated rings. The van der Waals surface area contributed by atoms with Gasteiger partial charge in [-0.3, -0.25) is 0 Å². The Morgan fingerprint density at radius 2 is 2.20 bits per heavy atom. The summed E-state index contributed by atoms with van der Waals surface area (Å²) in [5.41, 5.74) is 0.800. The third kappa shape index (κ3) is 4.76. The normalized spacial score (nSPS) is 10.3. The first kappa shape index (κ1) is 11.9. The van der Waals surface area contributed by atoms with Crippen molar-refractivity contribution < 1.29 is 14.6 Å². The average Bonchev–Trinajstić information content (AvgIpc) is 2.29. The molecular weight excluding hydrogens is 194 g/mol. The van der Waals surface area contributed by atoms with Gasteiger partial charge in [-0.2, -0.15) is 0 Å². The largest absolute Gasteiger partial charge is 0.475 e. The van der Waals surface area contributed by atoms with Crippen molar-refractivity contribution in [2.75, 3.05) is 19.8 Å². The second-order valence-corrected chi connectivity index (χ2v) is 3.12. The van der Waals surface area contributed by atoms with E-state index in [0.717, 1.165) is 18.6 Å². The van der Waals surface area contributed by atoms with Crippen molar-refractivity contribution in [2.24, 2.45) is 0 Å². The molecule has 0 aliphatic carbocycles. The van der Waals surface area contributed by atoms with E-state index in [1.165, 1.54) is 0 Å². The molecule has 0 saturated heterocycles. The van der Waals surface area contributed by atoms with Crippen molar-refractivity contribution in [3.05, 3.63) is 23.9 Å². The van der Waals surface area contributed by atoms with E-state index < -0.39 is 0 Å². The molecule has 0 bridgehead atoms. The minimum Gasteiger partial charge on any atom is -0.475 e. The second kappa shape index (κ2) is 7.20. The summed E-state index contributed by atoms with van der Waals surface area (Å²) in [5.74, 6) is 0.529. The summed E-state index contributed by atoms with van der Waals surface area (Å²) in [7, 11) is 0. The van der Waals surface area contributed by atoms with E-state index in [2.05, 4.69) is 11.9 Å². The first-order valence-electron chi connectivity index (χ1n) is 5.13. The molecule has 0 aliphatic heterocycles. The van der Waals surface area contributed by atoms with Gasteiger partial charge in [0.25, 0.3) is 0 Å². The van der Waals surface area contributed by atoms with E-state index in [-0.39, 0.29) is 6.61 Å². The zero-order valence-corrected chi connectivity index (χ0v) is 8.98. The Balaban J connectivity index is 2.24. The molecule has 0 spiro atoms. The Kier molecular flexibility index (Phi) is 5.73. The fourth-order valence-corrected chi connectivity index (χ4v) is 1.08. The van der Waals surface area contributed by atoms with Gasteiger partial charge < -0.3 is 14.6 Å². The molecule has 0 amide bonds. The van der Waals surface area contributed by atoms with Crippen molar-refractivity contribution in [1.29, 1.82) is 0 Å². The van der Waals surface area contributed by atoms with Crippen LogP contribution in [0.1, 0.15) is 18.9 Å². The maximum Gasteiger partial charge on any atom is 0.213 e. The fraction of sp³-hybridized carbons (Fsp3) is 0.545. The van der Waals surface area contributed by atoms with Crippen LogP contribution >= 0.6 is 0 Å². The number of aliphatic hydroxyl groups excluding tert-OH is 1. The van der Waals surface area contributed by atoms with Crippen LogP contribution in [0.2, 0.25) is 0 Å². The molecule has 0 saturated carbocycles. The standard InChI is InChI=1S/C11H17NO3/c1-2-5-14-6-7-15-11-8-10(9-13)3-4-12-11/h3-4,8,13H,2,5-7,9H2,1H3. The van der Waals surface area contributed by atoms with E-state index in [9.17, 15) is 0 Å². The predicted octanol–water partition coefficient (Wildman–Crippen LogP) is 1.38. The molecule has 4 heteroatoms. The van der Waals surface area contributed by atoms with Crippen LogP contribution < -0.4 is 4.74 Å². The van der Waals surface area contributed by atoms with E-state index >= 15 is 0 Å². The molecule has 1 rings (SSSR count). The molecule has 0 aromatic carbocycles. The Morgan fingerprint density at radius 3 is 2.93 bits per heavy atom. The third-order valence-electron chi connectivity index (χ3n) is 1.81. The summed E-state index contributed by atoms with van der Waals surface area (Å²) in [5, 5.41) is 8.90. The van der Waals surface area contributed by atoms with E-state index in [1.54, 1.807) is 18.3 Å². The fourth-order valence-electron chi connectivity index (χ4n) is 1.08. The maximum absolute atomic E-state index is 8.90. The highest BCUT2D eigenvalue weighted by Crippen LogP contribution is 2.08. The van der Waals surface area contributed by atoms with Gasteiger partial charge in [0.2, 0.25) is 5.88 Å². The lowest BCUT2D eigenvalue weighted by molar-refractivity contribution is 0.0989. The quantitative estimate of drug-likeness (QED) is 0.692. The summed E-state index contributed by atoms with van der Waals surface area (Å²) < 4.78 is 10.6. The summed E-state index contributed by atoms with van der Waals surface area (Å²) in [6, 6.07) is 3.47. The molecule has 84 valence electrons. The van der Waals surface area contributed by atoms with E-state index in [0.29, 0.717) is 19.1 Å². The monoisotopic (exact) mass is 211 g/mol. The Labute approximate surface area is 89.9 Å². The smallest absolute Gasteiger partial charge is 0.213 e. The first-order chi connectivity index (χ1) is 7.36. The molecule has 1 N–H and O–H groups in total. The first-order valence-corrected chi connectivity index (χ1v) is 5.13. The minimum atomic E-state index is 0.00517. The molecular formula is C11H17NO3. The number of aliphatic hydroxyl groups is 1. The van der Waals surface area contributed by atoms with Gasteiger partial charge in [0, 0.05) is 18.9 Å². The van der Waals surface area contributed by atoms with Crippen molar-refractivity contribution >= 4 is 0 Å². The van der Waals surface area contributed by atoms with Crippen LogP contribution in [-0.2, 0) is 11.3 Å². The molecule has 0 aliphatic rings. The van der Waals surface area contributed by atoms with Crippen LogP contribution in [0.3, 0.4) is 0 Å². The van der Waals surface area contributed by atoms with Gasteiger partial charge >= 0.3 is 0 Å². The Hall–Kier alpha value is -1.13. The predicted molar refractivity (Wildman–Crippen MR) is 56.8 cm³/mol. The molecule has 0 unspecified atom stereocenters. The highest BCUT2D eigenvalue weighted by atomic mass is 16.5. The van der Waals surface area contributed by atoms with Crippen molar-refractivity contribution in [2.45, 2.75) is 20.0 Å². The van der Waals surface area contributed by atoms with Gasteiger partial charge in [0.05, 0.1) is 13.2 Å². The molecule has 4 nitrogen and oxygen atoms in total. The summed E-state index contributed by atoms with van der Waals surface area (Å²) in [6.07, 6.45) is 2.63. The van der Waals surface area contributed by atoms with Crippen LogP contribution in [0.15, 0.2) is 18.3 Å². The van der Waals surface area contributed by atoms with Crippen molar-refractivity contribution in [3.63, 3.8) is 0 Å². The highest BCUT2D eigenvalue weighted by Gasteiger charge is 1.97. The zero-order valence-electron chi connectivity index (χ0n) is 8.98. The van der Waals surface area contributed by atoms with E-state index in [4.69, 9.17) is 14.6 Å². The zero-order chi connectivity index (χ0) is 10.9. The summed E-state index contributed by atoms with van der Waals surface area (Å²) in [6.45, 7) is 3.88. The van der Waals surface area contributed by atoms with E-state index in [1.807, 2.05) is 0 Å². The molecule has 15 heavy (non-hydrogen) atoms. The molecule has 0 atom stereocenters. The number of aromatic nitrogens is 1. The van der Waals surface area contributed by atoms with Crippen molar-refractivity contribution in [1.82, 2.24) is 4.98 Å². The van der Waals surface area contributed by atoms with Crippen LogP contribution in [-0.4, -0.2) is 29.9 Å². The third-order valence-corrected chi connectivity index (χ3v) is 1.81. The highest BCUT2D eigenvalue weighted by molar-refractivity contribution is 5.19. The van der Waals surface area contributed by atoms with Gasteiger partial charge in [-0.15, -0.1) is 0 Å². The lowest BCUT2D eigenvalue weighted by Gasteiger charge is -2.06. The molecule has 1 heterocycles. The lowest BCUT2D eigenvalue weighted by atomic mass is 10.3. The van der Waals surface area contributed by atoms with Crippen LogP contribution in [0.4, 0.5) is 0 Å². The topological polar surface area (TPSA) is 51.6 Å². The molecule has 0 radical (unpaired) electrons. The van der Waals surface area contributed by atoms with Crippen LogP contribution in [0, 0.1) is 0 Å². The van der Waals surface area contributed by atoms with Crippen molar-refractivity contribution in [3.8, 4) is 5.88 Å². The minimum absolute atomic E-state index is 0.00517. The number of nitrogens with zero attached hydrogens (tertiary/aromatic N) is 1. The number of pyridine rings is 1. The van der Waals surface area contributed by atoms with Gasteiger partial charge in [-0.05, 0) is 18.1 Å². The maximum atomic E-state index is 8.90. The van der Waals surface area contributed by atoms with Gasteiger partial charge in [-0.25, -0.2) is 4.98 Å². The molecule has 1 aromatic rings. The van der Waals surface area contributed by atoms with Gasteiger partial charge in [0.15, 0.2) is 0 Å². The number of ether oxygens (including phenoxy) is 2. The second-order valence-electron chi connectivity index (χ2n) is 3.12. The lowest BCUT2D eigenvalue weighted by Crippen LogP contribution is -2.08. The van der Waals surface area contributed by atoms with Crippen LogP contribution in [0.5, 0.6) is 5.88 Å². The number of hydrogen-bond donors (Lipinski definition) is 1. The van der Waals surface area contributed by atoms with Gasteiger partial charge in [0.1, 0.15) is 6.61 Å². The number of rotatable bonds is 7. The number of hydrogen-bond acceptors (Lipinski definition) is 4. The van der Waals surface area contributed by atoms with Gasteiger partial charge in [-0.1, -0.05) is 6.92 Å². The summed E-state index contributed by atoms with van der Waals surface area (Å²) in [4.78, 5) is 4.02. The summed E-state index contributed by atoms with van der Waals surface area (Å²) >= 11 is 0.